The predicted octanol–water partition coefficient (Wildman–Crippen LogP) is 3.85. The summed E-state index contributed by atoms with van der Waals surface area (Å²) in [6, 6.07) is 0. The first-order valence-electron chi connectivity index (χ1n) is 9.54. The van der Waals surface area contributed by atoms with Gasteiger partial charge >= 0.3 is 5.97 Å². The van der Waals surface area contributed by atoms with Gasteiger partial charge < -0.3 is 9.84 Å². The minimum absolute atomic E-state index is 0.147. The van der Waals surface area contributed by atoms with E-state index in [1.54, 1.807) is 0 Å². The third kappa shape index (κ3) is 2.56. The Morgan fingerprint density at radius 3 is 2.65 bits per heavy atom. The van der Waals surface area contributed by atoms with E-state index in [1.165, 1.54) is 19.3 Å². The lowest BCUT2D eigenvalue weighted by Gasteiger charge is -2.39. The van der Waals surface area contributed by atoms with Crippen LogP contribution in [0.25, 0.3) is 0 Å². The fourth-order valence-corrected chi connectivity index (χ4v) is 6.21. The third-order valence-electron chi connectivity index (χ3n) is 7.41. The fourth-order valence-electron chi connectivity index (χ4n) is 6.21. The number of hydrogen-bond donors (Lipinski definition) is 1. The Balaban J connectivity index is 1.40. The van der Waals surface area contributed by atoms with Crippen molar-refractivity contribution in [2.75, 3.05) is 0 Å². The van der Waals surface area contributed by atoms with E-state index in [2.05, 4.69) is 19.1 Å². The number of rotatable bonds is 5. The molecule has 128 valence electrons. The van der Waals surface area contributed by atoms with Gasteiger partial charge in [-0.1, -0.05) is 19.1 Å². The Kier molecular flexibility index (Phi) is 3.64. The normalized spacial score (nSPS) is 46.3. The average Bonchev–Trinajstić information content (AvgIpc) is 3.26. The van der Waals surface area contributed by atoms with E-state index < -0.39 is 5.60 Å². The molecule has 3 fully saturated rings. The molecule has 0 radical (unpaired) electrons. The lowest BCUT2D eigenvalue weighted by Crippen LogP contribution is -2.44. The molecule has 3 saturated carbocycles. The summed E-state index contributed by atoms with van der Waals surface area (Å²) in [6.07, 6.45) is 12.5. The zero-order valence-electron chi connectivity index (χ0n) is 14.5. The molecule has 0 aromatic rings. The lowest BCUT2D eigenvalue weighted by atomic mass is 9.77. The highest BCUT2D eigenvalue weighted by molar-refractivity contribution is 5.71. The summed E-state index contributed by atoms with van der Waals surface area (Å²) in [7, 11) is 0. The molecule has 4 rings (SSSR count). The second-order valence-electron chi connectivity index (χ2n) is 8.89. The zero-order chi connectivity index (χ0) is 16.2. The zero-order valence-corrected chi connectivity index (χ0v) is 14.5. The van der Waals surface area contributed by atoms with Gasteiger partial charge in [-0.2, -0.15) is 0 Å². The molecule has 3 nitrogen and oxygen atoms in total. The van der Waals surface area contributed by atoms with Crippen LogP contribution in [0.5, 0.6) is 0 Å². The number of aliphatic hydroxyl groups is 1. The molecule has 0 aliphatic heterocycles. The predicted molar refractivity (Wildman–Crippen MR) is 88.6 cm³/mol. The van der Waals surface area contributed by atoms with Crippen molar-refractivity contribution in [3.63, 3.8) is 0 Å². The third-order valence-corrected chi connectivity index (χ3v) is 7.41. The lowest BCUT2D eigenvalue weighted by molar-refractivity contribution is -0.173. The second-order valence-corrected chi connectivity index (χ2v) is 8.89. The average molecular weight is 318 g/mol. The Morgan fingerprint density at radius 2 is 2.13 bits per heavy atom. The van der Waals surface area contributed by atoms with Gasteiger partial charge in [-0.3, -0.25) is 4.79 Å². The minimum atomic E-state index is -0.937. The standard InChI is InChI=1S/C20H30O3/c1-3-20(11-14-5-7-16(20)9-14)23-18(21)12-19(2,22)17-10-13-4-6-15(17)8-13/h4,6,13-17,22H,3,5,7-12H2,1-2H3. The molecule has 0 heterocycles. The van der Waals surface area contributed by atoms with Crippen LogP contribution in [0.4, 0.5) is 0 Å². The number of fused-ring (bicyclic) bond motifs is 4. The molecule has 4 aliphatic carbocycles. The van der Waals surface area contributed by atoms with Crippen LogP contribution in [0.2, 0.25) is 0 Å². The maximum atomic E-state index is 12.6. The molecular formula is C20H30O3. The first-order valence-corrected chi connectivity index (χ1v) is 9.54. The second kappa shape index (κ2) is 5.34. The Bertz CT molecular complexity index is 523. The Morgan fingerprint density at radius 1 is 1.30 bits per heavy atom. The molecular weight excluding hydrogens is 288 g/mol. The molecule has 1 N–H and O–H groups in total. The molecule has 4 aliphatic rings. The van der Waals surface area contributed by atoms with Crippen LogP contribution in [0, 0.1) is 29.6 Å². The van der Waals surface area contributed by atoms with E-state index >= 15 is 0 Å². The number of esters is 1. The van der Waals surface area contributed by atoms with E-state index in [-0.39, 0.29) is 23.9 Å². The van der Waals surface area contributed by atoms with Crippen molar-refractivity contribution < 1.29 is 14.6 Å². The summed E-state index contributed by atoms with van der Waals surface area (Å²) in [5.41, 5.74) is -1.17. The Labute approximate surface area is 139 Å². The van der Waals surface area contributed by atoms with Crippen molar-refractivity contribution in [1.82, 2.24) is 0 Å². The minimum Gasteiger partial charge on any atom is -0.459 e. The maximum absolute atomic E-state index is 12.6. The van der Waals surface area contributed by atoms with Crippen molar-refractivity contribution in [3.05, 3.63) is 12.2 Å². The van der Waals surface area contributed by atoms with Gasteiger partial charge in [-0.25, -0.2) is 0 Å². The van der Waals surface area contributed by atoms with Crippen molar-refractivity contribution in [1.29, 1.82) is 0 Å². The van der Waals surface area contributed by atoms with Crippen LogP contribution >= 0.6 is 0 Å². The number of hydrogen-bond acceptors (Lipinski definition) is 3. The summed E-state index contributed by atoms with van der Waals surface area (Å²) >= 11 is 0. The van der Waals surface area contributed by atoms with Crippen molar-refractivity contribution in [2.45, 2.75) is 76.4 Å². The number of allylic oxidation sites excluding steroid dienone is 2. The molecule has 0 amide bonds. The van der Waals surface area contributed by atoms with Gasteiger partial charge in [-0.15, -0.1) is 0 Å². The van der Waals surface area contributed by atoms with E-state index in [9.17, 15) is 9.90 Å². The van der Waals surface area contributed by atoms with Crippen LogP contribution in [0.15, 0.2) is 12.2 Å². The van der Waals surface area contributed by atoms with Gasteiger partial charge in [0.2, 0.25) is 0 Å². The van der Waals surface area contributed by atoms with Crippen molar-refractivity contribution in [2.24, 2.45) is 29.6 Å². The van der Waals surface area contributed by atoms with Crippen LogP contribution < -0.4 is 0 Å². The van der Waals surface area contributed by atoms with Crippen LogP contribution in [-0.2, 0) is 9.53 Å². The number of ether oxygens (including phenoxy) is 1. The summed E-state index contributed by atoms with van der Waals surface area (Å²) in [4.78, 5) is 12.6. The quantitative estimate of drug-likeness (QED) is 0.618. The van der Waals surface area contributed by atoms with E-state index in [1.807, 2.05) is 6.92 Å². The highest BCUT2D eigenvalue weighted by atomic mass is 16.6. The molecule has 0 spiro atoms. The van der Waals surface area contributed by atoms with Crippen LogP contribution in [-0.4, -0.2) is 22.3 Å². The SMILES string of the molecule is CCC1(OC(=O)CC(C)(O)C2CC3C=CC2C3)CC2CCC1C2. The Hall–Kier alpha value is -0.830. The summed E-state index contributed by atoms with van der Waals surface area (Å²) < 4.78 is 6.04. The first-order chi connectivity index (χ1) is 10.9. The van der Waals surface area contributed by atoms with E-state index in [0.717, 1.165) is 31.6 Å². The molecule has 23 heavy (non-hydrogen) atoms. The van der Waals surface area contributed by atoms with Gasteiger partial charge in [0.25, 0.3) is 0 Å². The smallest absolute Gasteiger partial charge is 0.309 e. The van der Waals surface area contributed by atoms with Gasteiger partial charge in [0.1, 0.15) is 5.60 Å². The summed E-state index contributed by atoms with van der Waals surface area (Å²) in [6.45, 7) is 3.99. The summed E-state index contributed by atoms with van der Waals surface area (Å²) in [5.74, 6) is 2.39. The molecule has 7 atom stereocenters. The molecule has 4 bridgehead atoms. The van der Waals surface area contributed by atoms with Crippen LogP contribution in [0.3, 0.4) is 0 Å². The van der Waals surface area contributed by atoms with Crippen molar-refractivity contribution >= 4 is 5.97 Å². The van der Waals surface area contributed by atoms with Gasteiger partial charge in [-0.05, 0) is 81.5 Å². The summed E-state index contributed by atoms with van der Waals surface area (Å²) in [5, 5.41) is 10.9. The molecule has 0 saturated heterocycles. The monoisotopic (exact) mass is 318 g/mol. The highest BCUT2D eigenvalue weighted by Gasteiger charge is 2.53. The molecule has 7 unspecified atom stereocenters. The molecule has 3 heteroatoms. The first kappa shape index (κ1) is 15.7. The van der Waals surface area contributed by atoms with E-state index in [4.69, 9.17) is 4.74 Å². The number of carbonyl (C=O) groups excluding carboxylic acids is 1. The van der Waals surface area contributed by atoms with Gasteiger partial charge in [0, 0.05) is 0 Å². The van der Waals surface area contributed by atoms with Crippen molar-refractivity contribution in [3.8, 4) is 0 Å². The maximum Gasteiger partial charge on any atom is 0.309 e. The van der Waals surface area contributed by atoms with Crippen LogP contribution in [0.1, 0.15) is 65.2 Å². The van der Waals surface area contributed by atoms with E-state index in [0.29, 0.717) is 17.8 Å². The number of carbonyl (C=O) groups is 1. The fraction of sp³-hybridized carbons (Fsp3) is 0.850. The van der Waals surface area contributed by atoms with Gasteiger partial charge in [0.15, 0.2) is 0 Å². The highest BCUT2D eigenvalue weighted by Crippen LogP contribution is 2.54. The van der Waals surface area contributed by atoms with Gasteiger partial charge in [0.05, 0.1) is 12.0 Å². The molecule has 0 aromatic carbocycles. The largest absolute Gasteiger partial charge is 0.459 e. The molecule has 0 aromatic heterocycles. The topological polar surface area (TPSA) is 46.5 Å².